The molecule has 0 amide bonds. The first-order chi connectivity index (χ1) is 8.89. The molecule has 114 valence electrons. The van der Waals surface area contributed by atoms with Crippen LogP contribution in [0.15, 0.2) is 17.0 Å². The number of nitrogens with two attached hydrogens (primary N) is 1. The Morgan fingerprint density at radius 1 is 1.30 bits per heavy atom. The van der Waals surface area contributed by atoms with E-state index in [0.29, 0.717) is 10.6 Å². The summed E-state index contributed by atoms with van der Waals surface area (Å²) in [6, 6.07) is 2.86. The maximum Gasteiger partial charge on any atom is 0.243 e. The van der Waals surface area contributed by atoms with Gasteiger partial charge in [0.2, 0.25) is 10.0 Å². The average molecular weight is 319 g/mol. The molecule has 0 aliphatic rings. The summed E-state index contributed by atoms with van der Waals surface area (Å²) in [6.45, 7) is 9.63. The van der Waals surface area contributed by atoms with Gasteiger partial charge in [-0.2, -0.15) is 4.31 Å². The molecule has 1 rings (SSSR count). The second-order valence-electron chi connectivity index (χ2n) is 6.20. The molecule has 1 aromatic carbocycles. The molecule has 0 aliphatic heterocycles. The monoisotopic (exact) mass is 318 g/mol. The summed E-state index contributed by atoms with van der Waals surface area (Å²) in [6.07, 6.45) is 0. The zero-order chi connectivity index (χ0) is 15.9. The molecule has 0 spiro atoms. The van der Waals surface area contributed by atoms with Crippen molar-refractivity contribution in [1.82, 2.24) is 4.31 Å². The Morgan fingerprint density at radius 3 is 2.25 bits per heavy atom. The lowest BCUT2D eigenvalue weighted by atomic mass is 9.88. The van der Waals surface area contributed by atoms with Crippen LogP contribution in [0.4, 0.5) is 5.69 Å². The second kappa shape index (κ2) is 5.54. The fourth-order valence-electron chi connectivity index (χ4n) is 1.86. The van der Waals surface area contributed by atoms with Crippen molar-refractivity contribution in [3.63, 3.8) is 0 Å². The number of nitrogens with zero attached hydrogens (tertiary/aromatic N) is 1. The summed E-state index contributed by atoms with van der Waals surface area (Å²) in [5, 5.41) is 0.368. The van der Waals surface area contributed by atoms with Crippen LogP contribution >= 0.6 is 11.6 Å². The first-order valence-corrected chi connectivity index (χ1v) is 8.24. The van der Waals surface area contributed by atoms with Gasteiger partial charge < -0.3 is 5.73 Å². The minimum Gasteiger partial charge on any atom is -0.397 e. The highest BCUT2D eigenvalue weighted by molar-refractivity contribution is 7.89. The third kappa shape index (κ3) is 3.27. The first kappa shape index (κ1) is 17.3. The molecule has 0 heterocycles. The lowest BCUT2D eigenvalue weighted by Crippen LogP contribution is -2.43. The smallest absolute Gasteiger partial charge is 0.243 e. The Balaban J connectivity index is 3.34. The molecular formula is C14H23ClN2O2S. The van der Waals surface area contributed by atoms with E-state index in [-0.39, 0.29) is 22.0 Å². The van der Waals surface area contributed by atoms with Gasteiger partial charge in [0.05, 0.1) is 15.6 Å². The van der Waals surface area contributed by atoms with Crippen molar-refractivity contribution in [2.24, 2.45) is 5.41 Å². The van der Waals surface area contributed by atoms with E-state index in [1.807, 2.05) is 27.7 Å². The summed E-state index contributed by atoms with van der Waals surface area (Å²) in [4.78, 5) is 0.206. The number of sulfonamides is 1. The maximum absolute atomic E-state index is 12.7. The molecule has 6 heteroatoms. The van der Waals surface area contributed by atoms with Crippen molar-refractivity contribution in [2.45, 2.75) is 45.6 Å². The number of anilines is 1. The lowest BCUT2D eigenvalue weighted by molar-refractivity contribution is 0.216. The van der Waals surface area contributed by atoms with E-state index in [0.717, 1.165) is 0 Å². The normalized spacial score (nSPS) is 14.6. The van der Waals surface area contributed by atoms with Crippen molar-refractivity contribution in [3.05, 3.63) is 22.7 Å². The summed E-state index contributed by atoms with van der Waals surface area (Å²) in [5.74, 6) is 0. The van der Waals surface area contributed by atoms with Gasteiger partial charge in [-0.05, 0) is 37.0 Å². The van der Waals surface area contributed by atoms with Crippen molar-refractivity contribution in [2.75, 3.05) is 12.8 Å². The molecule has 1 atom stereocenters. The number of hydrogen-bond donors (Lipinski definition) is 1. The van der Waals surface area contributed by atoms with Crippen LogP contribution in [0.1, 0.15) is 33.3 Å². The third-order valence-electron chi connectivity index (χ3n) is 3.75. The Bertz CT molecular complexity index is 606. The van der Waals surface area contributed by atoms with Gasteiger partial charge in [0.25, 0.3) is 0 Å². The zero-order valence-electron chi connectivity index (χ0n) is 12.9. The van der Waals surface area contributed by atoms with Crippen LogP contribution in [0.2, 0.25) is 5.02 Å². The second-order valence-corrected chi connectivity index (χ2v) is 8.58. The quantitative estimate of drug-likeness (QED) is 0.870. The van der Waals surface area contributed by atoms with Crippen LogP contribution in [0, 0.1) is 12.3 Å². The van der Waals surface area contributed by atoms with Gasteiger partial charge in [0, 0.05) is 13.1 Å². The van der Waals surface area contributed by atoms with Crippen LogP contribution in [0.25, 0.3) is 0 Å². The first-order valence-electron chi connectivity index (χ1n) is 6.42. The summed E-state index contributed by atoms with van der Waals surface area (Å²) >= 11 is 5.92. The fraction of sp³-hybridized carbons (Fsp3) is 0.571. The molecule has 0 radical (unpaired) electrons. The van der Waals surface area contributed by atoms with E-state index in [2.05, 4.69) is 0 Å². The van der Waals surface area contributed by atoms with Crippen molar-refractivity contribution >= 4 is 27.3 Å². The molecule has 20 heavy (non-hydrogen) atoms. The van der Waals surface area contributed by atoms with E-state index in [1.165, 1.54) is 10.4 Å². The van der Waals surface area contributed by atoms with Crippen molar-refractivity contribution in [1.29, 1.82) is 0 Å². The Hall–Kier alpha value is -0.780. The largest absolute Gasteiger partial charge is 0.397 e. The van der Waals surface area contributed by atoms with Crippen LogP contribution in [0.3, 0.4) is 0 Å². The number of halogens is 1. The van der Waals surface area contributed by atoms with Gasteiger partial charge in [-0.3, -0.25) is 0 Å². The molecule has 0 fully saturated rings. The topological polar surface area (TPSA) is 63.4 Å². The molecule has 0 saturated heterocycles. The highest BCUT2D eigenvalue weighted by Crippen LogP contribution is 2.31. The predicted molar refractivity (Wildman–Crippen MR) is 84.5 cm³/mol. The maximum atomic E-state index is 12.7. The fourth-order valence-corrected chi connectivity index (χ4v) is 3.86. The van der Waals surface area contributed by atoms with Gasteiger partial charge >= 0.3 is 0 Å². The Morgan fingerprint density at radius 2 is 1.80 bits per heavy atom. The Labute approximate surface area is 127 Å². The molecular weight excluding hydrogens is 296 g/mol. The van der Waals surface area contributed by atoms with Crippen LogP contribution < -0.4 is 5.73 Å². The van der Waals surface area contributed by atoms with Gasteiger partial charge in [0.15, 0.2) is 0 Å². The van der Waals surface area contributed by atoms with E-state index < -0.39 is 10.0 Å². The van der Waals surface area contributed by atoms with E-state index in [1.54, 1.807) is 20.0 Å². The number of hydrogen-bond acceptors (Lipinski definition) is 3. The summed E-state index contributed by atoms with van der Waals surface area (Å²) < 4.78 is 26.9. The van der Waals surface area contributed by atoms with E-state index >= 15 is 0 Å². The van der Waals surface area contributed by atoms with Gasteiger partial charge in [-0.1, -0.05) is 32.4 Å². The highest BCUT2D eigenvalue weighted by Gasteiger charge is 2.33. The highest BCUT2D eigenvalue weighted by atomic mass is 35.5. The minimum absolute atomic E-state index is 0.149. The van der Waals surface area contributed by atoms with E-state index in [4.69, 9.17) is 17.3 Å². The molecule has 4 nitrogen and oxygen atoms in total. The van der Waals surface area contributed by atoms with Gasteiger partial charge in [0.1, 0.15) is 0 Å². The van der Waals surface area contributed by atoms with Crippen molar-refractivity contribution in [3.8, 4) is 0 Å². The number of benzene rings is 1. The molecule has 1 unspecified atom stereocenters. The number of nitrogen functional groups attached to an aromatic ring is 1. The third-order valence-corrected chi connectivity index (χ3v) is 6.15. The van der Waals surface area contributed by atoms with Gasteiger partial charge in [-0.15, -0.1) is 0 Å². The molecule has 0 aromatic heterocycles. The standard InChI is InChI=1S/C14H23ClN2O2S/c1-9-7-11(15)12(16)8-13(9)20(18,19)17(6)10(2)14(3,4)5/h7-8,10H,16H2,1-6H3. The van der Waals surface area contributed by atoms with Crippen molar-refractivity contribution < 1.29 is 8.42 Å². The number of aryl methyl sites for hydroxylation is 1. The molecule has 0 aliphatic carbocycles. The summed E-state index contributed by atoms with van der Waals surface area (Å²) in [5.41, 5.74) is 6.44. The lowest BCUT2D eigenvalue weighted by Gasteiger charge is -2.34. The van der Waals surface area contributed by atoms with Crippen LogP contribution in [-0.4, -0.2) is 25.8 Å². The predicted octanol–water partition coefficient (Wildman–Crippen LogP) is 3.29. The molecule has 2 N–H and O–H groups in total. The SMILES string of the molecule is Cc1cc(Cl)c(N)cc1S(=O)(=O)N(C)C(C)C(C)(C)C. The Kier molecular flexibility index (Phi) is 4.79. The van der Waals surface area contributed by atoms with Gasteiger partial charge in [-0.25, -0.2) is 8.42 Å². The van der Waals surface area contributed by atoms with Crippen LogP contribution in [0.5, 0.6) is 0 Å². The average Bonchev–Trinajstić information content (AvgIpc) is 2.30. The molecule has 0 saturated carbocycles. The zero-order valence-corrected chi connectivity index (χ0v) is 14.4. The van der Waals surface area contributed by atoms with Crippen LogP contribution in [-0.2, 0) is 10.0 Å². The number of rotatable bonds is 3. The molecule has 1 aromatic rings. The van der Waals surface area contributed by atoms with E-state index in [9.17, 15) is 8.42 Å². The molecule has 0 bridgehead atoms. The minimum atomic E-state index is -3.60. The summed E-state index contributed by atoms with van der Waals surface area (Å²) in [7, 11) is -2.00.